The van der Waals surface area contributed by atoms with Gasteiger partial charge in [-0.1, -0.05) is 18.2 Å². The fourth-order valence-electron chi connectivity index (χ4n) is 3.88. The molecule has 1 heterocycles. The highest BCUT2D eigenvalue weighted by Gasteiger charge is 2.25. The normalized spacial score (nSPS) is 14.8. The molecule has 1 aliphatic heterocycles. The predicted molar refractivity (Wildman–Crippen MR) is 123 cm³/mol. The molecule has 0 atom stereocenters. The Morgan fingerprint density at radius 2 is 1.84 bits per heavy atom. The van der Waals surface area contributed by atoms with Gasteiger partial charge in [-0.05, 0) is 87.2 Å². The molecule has 0 spiro atoms. The lowest BCUT2D eigenvalue weighted by Gasteiger charge is -2.30. The van der Waals surface area contributed by atoms with Crippen LogP contribution in [0, 0.1) is 19.8 Å². The Hall–Kier alpha value is -2.86. The minimum atomic E-state index is -0.00977. The molecule has 31 heavy (non-hydrogen) atoms. The fourth-order valence-corrected chi connectivity index (χ4v) is 3.88. The van der Waals surface area contributed by atoms with E-state index in [1.54, 1.807) is 7.11 Å². The predicted octanol–water partition coefficient (Wildman–Crippen LogP) is 3.32. The maximum absolute atomic E-state index is 12.5. The van der Waals surface area contributed by atoms with Gasteiger partial charge < -0.3 is 15.4 Å². The molecule has 0 bridgehead atoms. The summed E-state index contributed by atoms with van der Waals surface area (Å²) in [5.74, 6) is 0.952. The van der Waals surface area contributed by atoms with Crippen LogP contribution in [-0.2, 0) is 16.0 Å². The van der Waals surface area contributed by atoms with Crippen molar-refractivity contribution < 1.29 is 14.3 Å². The van der Waals surface area contributed by atoms with E-state index in [0.29, 0.717) is 13.1 Å². The smallest absolute Gasteiger partial charge is 0.238 e. The second-order valence-corrected chi connectivity index (χ2v) is 8.29. The van der Waals surface area contributed by atoms with Crippen LogP contribution < -0.4 is 15.4 Å². The number of carbonyl (C=O) groups is 2. The highest BCUT2D eigenvalue weighted by molar-refractivity contribution is 5.92. The first-order chi connectivity index (χ1) is 14.9. The number of nitrogens with one attached hydrogen (secondary N) is 2. The number of likely N-dealkylation sites (tertiary alicyclic amines) is 1. The number of piperidine rings is 1. The molecule has 0 radical (unpaired) electrons. The van der Waals surface area contributed by atoms with Gasteiger partial charge in [0.05, 0.1) is 13.7 Å². The molecule has 6 nitrogen and oxygen atoms in total. The minimum absolute atomic E-state index is 0.00977. The van der Waals surface area contributed by atoms with Crippen molar-refractivity contribution in [3.63, 3.8) is 0 Å². The van der Waals surface area contributed by atoms with Crippen molar-refractivity contribution in [1.29, 1.82) is 0 Å². The third kappa shape index (κ3) is 6.82. The SMILES string of the molecule is COc1cccc(CCNC(=O)C2CCN(CC(=O)Nc3ccc(C)c(C)c3)CC2)c1. The lowest BCUT2D eigenvalue weighted by molar-refractivity contribution is -0.126. The van der Waals surface area contributed by atoms with Crippen LogP contribution in [0.1, 0.15) is 29.5 Å². The molecule has 0 aliphatic carbocycles. The highest BCUT2D eigenvalue weighted by Crippen LogP contribution is 2.18. The van der Waals surface area contributed by atoms with Crippen LogP contribution in [0.15, 0.2) is 42.5 Å². The van der Waals surface area contributed by atoms with E-state index >= 15 is 0 Å². The van der Waals surface area contributed by atoms with Gasteiger partial charge in [0.25, 0.3) is 0 Å². The van der Waals surface area contributed by atoms with E-state index in [0.717, 1.165) is 54.9 Å². The highest BCUT2D eigenvalue weighted by atomic mass is 16.5. The molecular formula is C25H33N3O3. The van der Waals surface area contributed by atoms with E-state index in [2.05, 4.69) is 22.5 Å². The van der Waals surface area contributed by atoms with Crippen molar-refractivity contribution in [3.05, 3.63) is 59.2 Å². The second-order valence-electron chi connectivity index (χ2n) is 8.29. The average Bonchev–Trinajstić information content (AvgIpc) is 2.77. The van der Waals surface area contributed by atoms with Crippen LogP contribution in [0.3, 0.4) is 0 Å². The quantitative estimate of drug-likeness (QED) is 0.683. The average molecular weight is 424 g/mol. The number of benzene rings is 2. The number of hydrogen-bond acceptors (Lipinski definition) is 4. The summed E-state index contributed by atoms with van der Waals surface area (Å²) in [7, 11) is 1.65. The fraction of sp³-hybridized carbons (Fsp3) is 0.440. The van der Waals surface area contributed by atoms with E-state index < -0.39 is 0 Å². The van der Waals surface area contributed by atoms with E-state index in [4.69, 9.17) is 4.74 Å². The Balaban J connectivity index is 1.36. The first-order valence-corrected chi connectivity index (χ1v) is 10.9. The monoisotopic (exact) mass is 423 g/mol. The van der Waals surface area contributed by atoms with Crippen LogP contribution >= 0.6 is 0 Å². The largest absolute Gasteiger partial charge is 0.497 e. The summed E-state index contributed by atoms with van der Waals surface area (Å²) in [6.45, 7) is 6.59. The number of rotatable bonds is 8. The zero-order chi connectivity index (χ0) is 22.2. The van der Waals surface area contributed by atoms with Crippen molar-refractivity contribution in [2.75, 3.05) is 38.6 Å². The number of nitrogens with zero attached hydrogens (tertiary/aromatic N) is 1. The third-order valence-corrected chi connectivity index (χ3v) is 5.96. The van der Waals surface area contributed by atoms with Gasteiger partial charge in [0.2, 0.25) is 11.8 Å². The zero-order valence-electron chi connectivity index (χ0n) is 18.7. The van der Waals surface area contributed by atoms with Crippen molar-refractivity contribution in [3.8, 4) is 5.75 Å². The number of carbonyl (C=O) groups excluding carboxylic acids is 2. The topological polar surface area (TPSA) is 70.7 Å². The molecule has 2 N–H and O–H groups in total. The van der Waals surface area contributed by atoms with Gasteiger partial charge in [0.1, 0.15) is 5.75 Å². The molecule has 2 amide bonds. The minimum Gasteiger partial charge on any atom is -0.497 e. The molecule has 166 valence electrons. The van der Waals surface area contributed by atoms with Gasteiger partial charge in [0, 0.05) is 18.2 Å². The first-order valence-electron chi connectivity index (χ1n) is 10.9. The molecule has 6 heteroatoms. The van der Waals surface area contributed by atoms with Gasteiger partial charge in [-0.2, -0.15) is 0 Å². The maximum Gasteiger partial charge on any atom is 0.238 e. The van der Waals surface area contributed by atoms with Gasteiger partial charge in [0.15, 0.2) is 0 Å². The molecule has 0 saturated carbocycles. The molecular weight excluding hydrogens is 390 g/mol. The first kappa shape index (κ1) is 22.8. The molecule has 1 saturated heterocycles. The molecule has 3 rings (SSSR count). The molecule has 0 aromatic heterocycles. The summed E-state index contributed by atoms with van der Waals surface area (Å²) in [4.78, 5) is 27.0. The molecule has 1 aliphatic rings. The lowest BCUT2D eigenvalue weighted by atomic mass is 9.96. The number of ether oxygens (including phenoxy) is 1. The standard InChI is InChI=1S/C25H33N3O3/c1-18-7-8-22(15-19(18)2)27-24(29)17-28-13-10-21(11-14-28)25(30)26-12-9-20-5-4-6-23(16-20)31-3/h4-8,15-16,21H,9-14,17H2,1-3H3,(H,26,30)(H,27,29). The Labute approximate surface area is 185 Å². The van der Waals surface area contributed by atoms with Crippen LogP contribution in [-0.4, -0.2) is 50.0 Å². The van der Waals surface area contributed by atoms with Crippen molar-refractivity contribution in [2.24, 2.45) is 5.92 Å². The Bertz CT molecular complexity index is 905. The lowest BCUT2D eigenvalue weighted by Crippen LogP contribution is -2.43. The number of methoxy groups -OCH3 is 1. The Morgan fingerprint density at radius 3 is 2.55 bits per heavy atom. The van der Waals surface area contributed by atoms with E-state index in [-0.39, 0.29) is 17.7 Å². The summed E-state index contributed by atoms with van der Waals surface area (Å²) < 4.78 is 5.24. The maximum atomic E-state index is 12.5. The van der Waals surface area contributed by atoms with Crippen LogP contribution in [0.4, 0.5) is 5.69 Å². The molecule has 2 aromatic carbocycles. The summed E-state index contributed by atoms with van der Waals surface area (Å²) in [6.07, 6.45) is 2.34. The van der Waals surface area contributed by atoms with Crippen LogP contribution in [0.5, 0.6) is 5.75 Å². The number of hydrogen-bond donors (Lipinski definition) is 2. The van der Waals surface area contributed by atoms with Crippen molar-refractivity contribution in [1.82, 2.24) is 10.2 Å². The summed E-state index contributed by atoms with van der Waals surface area (Å²) in [5.41, 5.74) is 4.35. The number of anilines is 1. The Morgan fingerprint density at radius 1 is 1.06 bits per heavy atom. The second kappa shape index (κ2) is 11.0. The third-order valence-electron chi connectivity index (χ3n) is 5.96. The molecule has 2 aromatic rings. The van der Waals surface area contributed by atoms with E-state index in [9.17, 15) is 9.59 Å². The Kier molecular flexibility index (Phi) is 8.06. The van der Waals surface area contributed by atoms with Crippen LogP contribution in [0.25, 0.3) is 0 Å². The van der Waals surface area contributed by atoms with E-state index in [1.807, 2.05) is 49.4 Å². The molecule has 1 fully saturated rings. The van der Waals surface area contributed by atoms with Crippen molar-refractivity contribution in [2.45, 2.75) is 33.1 Å². The summed E-state index contributed by atoms with van der Waals surface area (Å²) in [5, 5.41) is 6.03. The zero-order valence-corrected chi connectivity index (χ0v) is 18.7. The summed E-state index contributed by atoms with van der Waals surface area (Å²) >= 11 is 0. The molecule has 0 unspecified atom stereocenters. The van der Waals surface area contributed by atoms with Gasteiger partial charge >= 0.3 is 0 Å². The number of amides is 2. The summed E-state index contributed by atoms with van der Waals surface area (Å²) in [6, 6.07) is 13.9. The number of aryl methyl sites for hydroxylation is 2. The van der Waals surface area contributed by atoms with Gasteiger partial charge in [-0.3, -0.25) is 14.5 Å². The van der Waals surface area contributed by atoms with Crippen molar-refractivity contribution >= 4 is 17.5 Å². The van der Waals surface area contributed by atoms with Crippen LogP contribution in [0.2, 0.25) is 0 Å². The van der Waals surface area contributed by atoms with E-state index in [1.165, 1.54) is 5.56 Å². The van der Waals surface area contributed by atoms with Gasteiger partial charge in [-0.15, -0.1) is 0 Å². The van der Waals surface area contributed by atoms with Gasteiger partial charge in [-0.25, -0.2) is 0 Å².